The SMILES string of the molecule is CCC(N)Cc1cccc(OCC2CCOC2)c1. The summed E-state index contributed by atoms with van der Waals surface area (Å²) < 4.78 is 11.2. The van der Waals surface area contributed by atoms with Gasteiger partial charge in [0.2, 0.25) is 0 Å². The maximum atomic E-state index is 5.97. The Morgan fingerprint density at radius 3 is 3.11 bits per heavy atom. The lowest BCUT2D eigenvalue weighted by Crippen LogP contribution is -2.21. The average molecular weight is 249 g/mol. The predicted molar refractivity (Wildman–Crippen MR) is 72.8 cm³/mol. The molecule has 0 aliphatic carbocycles. The third-order valence-corrected chi connectivity index (χ3v) is 3.43. The fraction of sp³-hybridized carbons (Fsp3) is 0.600. The molecule has 1 fully saturated rings. The molecule has 0 spiro atoms. The molecule has 1 aliphatic rings. The Balaban J connectivity index is 1.86. The van der Waals surface area contributed by atoms with Gasteiger partial charge in [-0.2, -0.15) is 0 Å². The van der Waals surface area contributed by atoms with Crippen LogP contribution in [0, 0.1) is 5.92 Å². The maximum Gasteiger partial charge on any atom is 0.119 e. The molecule has 2 N–H and O–H groups in total. The van der Waals surface area contributed by atoms with Gasteiger partial charge in [0, 0.05) is 18.6 Å². The quantitative estimate of drug-likeness (QED) is 0.842. The van der Waals surface area contributed by atoms with E-state index in [1.807, 2.05) is 12.1 Å². The topological polar surface area (TPSA) is 44.5 Å². The summed E-state index contributed by atoms with van der Waals surface area (Å²) >= 11 is 0. The Hall–Kier alpha value is -1.06. The van der Waals surface area contributed by atoms with Gasteiger partial charge in [-0.1, -0.05) is 19.1 Å². The van der Waals surface area contributed by atoms with Crippen LogP contribution < -0.4 is 10.5 Å². The summed E-state index contributed by atoms with van der Waals surface area (Å²) in [5, 5.41) is 0. The van der Waals surface area contributed by atoms with E-state index in [9.17, 15) is 0 Å². The van der Waals surface area contributed by atoms with E-state index < -0.39 is 0 Å². The van der Waals surface area contributed by atoms with Gasteiger partial charge in [0.25, 0.3) is 0 Å². The third kappa shape index (κ3) is 4.00. The van der Waals surface area contributed by atoms with E-state index in [0.717, 1.165) is 44.8 Å². The summed E-state index contributed by atoms with van der Waals surface area (Å²) in [5.74, 6) is 1.49. The first-order valence-corrected chi connectivity index (χ1v) is 6.83. The van der Waals surface area contributed by atoms with E-state index in [2.05, 4.69) is 19.1 Å². The molecule has 0 aromatic heterocycles. The Labute approximate surface area is 109 Å². The van der Waals surface area contributed by atoms with E-state index in [0.29, 0.717) is 5.92 Å². The Kier molecular flexibility index (Phi) is 5.02. The molecule has 18 heavy (non-hydrogen) atoms. The van der Waals surface area contributed by atoms with Gasteiger partial charge in [-0.05, 0) is 37.0 Å². The molecule has 1 aromatic carbocycles. The van der Waals surface area contributed by atoms with Gasteiger partial charge in [0.1, 0.15) is 5.75 Å². The molecule has 100 valence electrons. The first kappa shape index (κ1) is 13.4. The molecule has 1 aliphatic heterocycles. The lowest BCUT2D eigenvalue weighted by atomic mass is 10.0. The molecule has 0 bridgehead atoms. The molecule has 2 atom stereocenters. The highest BCUT2D eigenvalue weighted by Crippen LogP contribution is 2.18. The molecule has 1 saturated heterocycles. The second kappa shape index (κ2) is 6.76. The van der Waals surface area contributed by atoms with Gasteiger partial charge >= 0.3 is 0 Å². The minimum atomic E-state index is 0.239. The van der Waals surface area contributed by atoms with E-state index in [4.69, 9.17) is 15.2 Å². The van der Waals surface area contributed by atoms with Crippen LogP contribution in [0.4, 0.5) is 0 Å². The van der Waals surface area contributed by atoms with Crippen LogP contribution in [-0.4, -0.2) is 25.9 Å². The summed E-state index contributed by atoms with van der Waals surface area (Å²) in [5.41, 5.74) is 7.23. The standard InChI is InChI=1S/C15H23NO2/c1-2-14(16)8-12-4-3-5-15(9-12)18-11-13-6-7-17-10-13/h3-5,9,13-14H,2,6-8,10-11,16H2,1H3. The van der Waals surface area contributed by atoms with Crippen molar-refractivity contribution in [3.05, 3.63) is 29.8 Å². The summed E-state index contributed by atoms with van der Waals surface area (Å²) in [6.45, 7) is 4.58. The molecular formula is C15H23NO2. The van der Waals surface area contributed by atoms with Crippen molar-refractivity contribution in [2.24, 2.45) is 11.7 Å². The van der Waals surface area contributed by atoms with Gasteiger partial charge in [-0.3, -0.25) is 0 Å². The minimum Gasteiger partial charge on any atom is -0.493 e. The van der Waals surface area contributed by atoms with Crippen LogP contribution >= 0.6 is 0 Å². The van der Waals surface area contributed by atoms with E-state index >= 15 is 0 Å². The zero-order valence-electron chi connectivity index (χ0n) is 11.1. The van der Waals surface area contributed by atoms with Crippen molar-refractivity contribution in [3.8, 4) is 5.75 Å². The number of benzene rings is 1. The van der Waals surface area contributed by atoms with Crippen LogP contribution in [0.1, 0.15) is 25.3 Å². The number of hydrogen-bond acceptors (Lipinski definition) is 3. The van der Waals surface area contributed by atoms with Crippen molar-refractivity contribution in [3.63, 3.8) is 0 Å². The van der Waals surface area contributed by atoms with Gasteiger partial charge in [0.05, 0.1) is 13.2 Å². The molecule has 2 rings (SSSR count). The largest absolute Gasteiger partial charge is 0.493 e. The summed E-state index contributed by atoms with van der Waals surface area (Å²) in [6, 6.07) is 8.50. The molecule has 1 heterocycles. The monoisotopic (exact) mass is 249 g/mol. The molecule has 1 aromatic rings. The second-order valence-electron chi connectivity index (χ2n) is 5.06. The van der Waals surface area contributed by atoms with Crippen LogP contribution in [-0.2, 0) is 11.2 Å². The van der Waals surface area contributed by atoms with Crippen molar-refractivity contribution in [2.75, 3.05) is 19.8 Å². The fourth-order valence-corrected chi connectivity index (χ4v) is 2.14. The van der Waals surface area contributed by atoms with Crippen molar-refractivity contribution >= 4 is 0 Å². The fourth-order valence-electron chi connectivity index (χ4n) is 2.14. The lowest BCUT2D eigenvalue weighted by Gasteiger charge is -2.13. The van der Waals surface area contributed by atoms with Gasteiger partial charge in [0.15, 0.2) is 0 Å². The van der Waals surface area contributed by atoms with Crippen LogP contribution in [0.5, 0.6) is 5.75 Å². The second-order valence-corrected chi connectivity index (χ2v) is 5.06. The molecule has 2 unspecified atom stereocenters. The zero-order valence-corrected chi connectivity index (χ0v) is 11.1. The first-order chi connectivity index (χ1) is 8.78. The van der Waals surface area contributed by atoms with Crippen molar-refractivity contribution in [1.82, 2.24) is 0 Å². The average Bonchev–Trinajstić information content (AvgIpc) is 2.90. The highest BCUT2D eigenvalue weighted by atomic mass is 16.5. The van der Waals surface area contributed by atoms with Crippen LogP contribution in [0.25, 0.3) is 0 Å². The number of hydrogen-bond donors (Lipinski definition) is 1. The predicted octanol–water partition coefficient (Wildman–Crippen LogP) is 2.38. The lowest BCUT2D eigenvalue weighted by molar-refractivity contribution is 0.167. The summed E-state index contributed by atoms with van der Waals surface area (Å²) in [4.78, 5) is 0. The van der Waals surface area contributed by atoms with Gasteiger partial charge in [-0.25, -0.2) is 0 Å². The molecule has 0 saturated carbocycles. The van der Waals surface area contributed by atoms with E-state index in [1.54, 1.807) is 0 Å². The Morgan fingerprint density at radius 2 is 2.39 bits per heavy atom. The van der Waals surface area contributed by atoms with E-state index in [1.165, 1.54) is 5.56 Å². The van der Waals surface area contributed by atoms with Gasteiger partial charge in [-0.15, -0.1) is 0 Å². The van der Waals surface area contributed by atoms with Crippen molar-refractivity contribution in [1.29, 1.82) is 0 Å². The summed E-state index contributed by atoms with van der Waals surface area (Å²) in [6.07, 6.45) is 3.03. The van der Waals surface area contributed by atoms with E-state index in [-0.39, 0.29) is 6.04 Å². The molecule has 0 amide bonds. The number of rotatable bonds is 6. The number of ether oxygens (including phenoxy) is 2. The highest BCUT2D eigenvalue weighted by Gasteiger charge is 2.16. The number of nitrogens with two attached hydrogens (primary N) is 1. The smallest absolute Gasteiger partial charge is 0.119 e. The molecular weight excluding hydrogens is 226 g/mol. The summed E-state index contributed by atoms with van der Waals surface area (Å²) in [7, 11) is 0. The first-order valence-electron chi connectivity index (χ1n) is 6.83. The minimum absolute atomic E-state index is 0.239. The molecule has 3 nitrogen and oxygen atoms in total. The highest BCUT2D eigenvalue weighted by molar-refractivity contribution is 5.29. The van der Waals surface area contributed by atoms with Crippen molar-refractivity contribution < 1.29 is 9.47 Å². The molecule has 3 heteroatoms. The van der Waals surface area contributed by atoms with Crippen LogP contribution in [0.15, 0.2) is 24.3 Å². The van der Waals surface area contributed by atoms with Crippen molar-refractivity contribution in [2.45, 2.75) is 32.2 Å². The van der Waals surface area contributed by atoms with Crippen LogP contribution in [0.2, 0.25) is 0 Å². The third-order valence-electron chi connectivity index (χ3n) is 3.43. The van der Waals surface area contributed by atoms with Crippen LogP contribution in [0.3, 0.4) is 0 Å². The Morgan fingerprint density at radius 1 is 1.50 bits per heavy atom. The zero-order chi connectivity index (χ0) is 12.8. The normalized spacial score (nSPS) is 20.9. The van der Waals surface area contributed by atoms with Gasteiger partial charge < -0.3 is 15.2 Å². The maximum absolute atomic E-state index is 5.97. The Bertz CT molecular complexity index is 361. The molecule has 0 radical (unpaired) electrons.